The fourth-order valence-corrected chi connectivity index (χ4v) is 5.42. The number of nitrogens with two attached hydrogens (primary N) is 1. The van der Waals surface area contributed by atoms with Crippen molar-refractivity contribution in [3.8, 4) is 6.07 Å². The van der Waals surface area contributed by atoms with Crippen LogP contribution < -0.4 is 10.5 Å². The summed E-state index contributed by atoms with van der Waals surface area (Å²) < 4.78 is 30.3. The van der Waals surface area contributed by atoms with Crippen molar-refractivity contribution in [2.24, 2.45) is 5.92 Å². The molecule has 1 aliphatic heterocycles. The standard InChI is InChI=1S/C21H26ClN5O3S/c1-15-6-10-27(11-7-15)21(28)19(8-12-26-9-2-3-17(26)14-23)25-31(29,30)20-5-4-16(24)13-18(20)22/h2-5,9,13,15,19,25H,6-8,10-12,24H2,1H3. The van der Waals surface area contributed by atoms with Crippen molar-refractivity contribution in [1.29, 1.82) is 5.26 Å². The molecular weight excluding hydrogens is 438 g/mol. The van der Waals surface area contributed by atoms with Gasteiger partial charge >= 0.3 is 0 Å². The number of nitrogens with one attached hydrogen (secondary N) is 1. The number of amides is 1. The number of nitrogens with zero attached hydrogens (tertiary/aromatic N) is 3. The van der Waals surface area contributed by atoms with Crippen LogP contribution in [0, 0.1) is 17.2 Å². The highest BCUT2D eigenvalue weighted by Gasteiger charge is 2.31. The summed E-state index contributed by atoms with van der Waals surface area (Å²) >= 11 is 6.10. The van der Waals surface area contributed by atoms with Gasteiger partial charge in [0.2, 0.25) is 15.9 Å². The van der Waals surface area contributed by atoms with Crippen LogP contribution in [0.4, 0.5) is 5.69 Å². The third kappa shape index (κ3) is 5.58. The average molecular weight is 464 g/mol. The normalized spacial score (nSPS) is 16.1. The molecule has 1 unspecified atom stereocenters. The zero-order valence-electron chi connectivity index (χ0n) is 17.3. The van der Waals surface area contributed by atoms with Crippen LogP contribution >= 0.6 is 11.6 Å². The molecule has 3 N–H and O–H groups in total. The summed E-state index contributed by atoms with van der Waals surface area (Å²) in [5, 5.41) is 9.20. The first kappa shape index (κ1) is 23.1. The van der Waals surface area contributed by atoms with E-state index in [4.69, 9.17) is 17.3 Å². The van der Waals surface area contributed by atoms with E-state index in [2.05, 4.69) is 17.7 Å². The van der Waals surface area contributed by atoms with Gasteiger partial charge in [-0.3, -0.25) is 4.79 Å². The number of nitrogen functional groups attached to an aromatic ring is 1. The third-order valence-electron chi connectivity index (χ3n) is 5.54. The molecule has 0 bridgehead atoms. The van der Waals surface area contributed by atoms with E-state index in [1.54, 1.807) is 27.8 Å². The topological polar surface area (TPSA) is 121 Å². The van der Waals surface area contributed by atoms with Crippen molar-refractivity contribution in [3.63, 3.8) is 0 Å². The second-order valence-electron chi connectivity index (χ2n) is 7.86. The zero-order valence-corrected chi connectivity index (χ0v) is 18.9. The molecule has 1 amide bonds. The Morgan fingerprint density at radius 2 is 2.06 bits per heavy atom. The maximum atomic E-state index is 13.2. The Hall–Kier alpha value is -2.54. The van der Waals surface area contributed by atoms with Gasteiger partial charge in [-0.25, -0.2) is 8.42 Å². The molecule has 0 saturated carbocycles. The van der Waals surface area contributed by atoms with Crippen molar-refractivity contribution in [2.45, 2.75) is 43.7 Å². The number of hydrogen-bond donors (Lipinski definition) is 2. The van der Waals surface area contributed by atoms with Crippen LogP contribution in [-0.2, 0) is 21.4 Å². The summed E-state index contributed by atoms with van der Waals surface area (Å²) in [6.07, 6.45) is 3.68. The molecule has 1 aliphatic rings. The van der Waals surface area contributed by atoms with Crippen molar-refractivity contribution >= 4 is 33.2 Å². The number of likely N-dealkylation sites (tertiary alicyclic amines) is 1. The van der Waals surface area contributed by atoms with Gasteiger partial charge in [0, 0.05) is 31.5 Å². The van der Waals surface area contributed by atoms with Gasteiger partial charge in [0.05, 0.1) is 5.02 Å². The molecule has 0 aliphatic carbocycles. The number of benzene rings is 1. The van der Waals surface area contributed by atoms with E-state index in [1.165, 1.54) is 18.2 Å². The number of nitriles is 1. The third-order valence-corrected chi connectivity index (χ3v) is 7.49. The van der Waals surface area contributed by atoms with E-state index >= 15 is 0 Å². The number of piperidine rings is 1. The maximum absolute atomic E-state index is 13.2. The van der Waals surface area contributed by atoms with Crippen LogP contribution in [0.1, 0.15) is 31.9 Å². The summed E-state index contributed by atoms with van der Waals surface area (Å²) in [5.74, 6) is 0.263. The first-order chi connectivity index (χ1) is 14.7. The Bertz CT molecular complexity index is 1080. The summed E-state index contributed by atoms with van der Waals surface area (Å²) in [7, 11) is -4.07. The van der Waals surface area contributed by atoms with Crippen LogP contribution in [0.5, 0.6) is 0 Å². The predicted molar refractivity (Wildman–Crippen MR) is 119 cm³/mol. The molecule has 166 valence electrons. The number of sulfonamides is 1. The summed E-state index contributed by atoms with van der Waals surface area (Å²) in [4.78, 5) is 14.8. The minimum atomic E-state index is -4.07. The van der Waals surface area contributed by atoms with Crippen LogP contribution in [-0.4, -0.2) is 42.9 Å². The van der Waals surface area contributed by atoms with E-state index < -0.39 is 16.1 Å². The van der Waals surface area contributed by atoms with Crippen LogP contribution in [0.15, 0.2) is 41.4 Å². The molecule has 1 aromatic heterocycles. The number of carbonyl (C=O) groups is 1. The number of halogens is 1. The second kappa shape index (κ2) is 9.73. The highest BCUT2D eigenvalue weighted by molar-refractivity contribution is 7.89. The first-order valence-electron chi connectivity index (χ1n) is 10.1. The van der Waals surface area contributed by atoms with Gasteiger partial charge in [0.1, 0.15) is 22.7 Å². The van der Waals surface area contributed by atoms with Crippen LogP contribution in [0.3, 0.4) is 0 Å². The van der Waals surface area contributed by atoms with Gasteiger partial charge in [-0.2, -0.15) is 9.98 Å². The van der Waals surface area contributed by atoms with Crippen molar-refractivity contribution in [2.75, 3.05) is 18.8 Å². The SMILES string of the molecule is CC1CCN(C(=O)C(CCn2cccc2C#N)NS(=O)(=O)c2ccc(N)cc2Cl)CC1. The Balaban J connectivity index is 1.83. The number of hydrogen-bond acceptors (Lipinski definition) is 5. The molecule has 1 atom stereocenters. The van der Waals surface area contributed by atoms with Gasteiger partial charge in [-0.1, -0.05) is 18.5 Å². The van der Waals surface area contributed by atoms with Gasteiger partial charge in [-0.05, 0) is 55.5 Å². The Kier molecular flexibility index (Phi) is 7.26. The Morgan fingerprint density at radius 1 is 1.35 bits per heavy atom. The van der Waals surface area contributed by atoms with Crippen LogP contribution in [0.25, 0.3) is 0 Å². The molecule has 31 heavy (non-hydrogen) atoms. The largest absolute Gasteiger partial charge is 0.399 e. The van der Waals surface area contributed by atoms with E-state index in [1.807, 2.05) is 0 Å². The quantitative estimate of drug-likeness (QED) is 0.611. The number of anilines is 1. The highest BCUT2D eigenvalue weighted by atomic mass is 35.5. The molecular formula is C21H26ClN5O3S. The lowest BCUT2D eigenvalue weighted by Gasteiger charge is -2.33. The smallest absolute Gasteiger partial charge is 0.242 e. The highest BCUT2D eigenvalue weighted by Crippen LogP contribution is 2.25. The minimum Gasteiger partial charge on any atom is -0.399 e. The summed E-state index contributed by atoms with van der Waals surface area (Å²) in [5.41, 5.74) is 6.46. The van der Waals surface area contributed by atoms with Gasteiger partial charge in [-0.15, -0.1) is 0 Å². The average Bonchev–Trinajstić information content (AvgIpc) is 3.18. The molecule has 0 spiro atoms. The lowest BCUT2D eigenvalue weighted by molar-refractivity contribution is -0.134. The zero-order chi connectivity index (χ0) is 22.6. The number of rotatable bonds is 7. The fraction of sp³-hybridized carbons (Fsp3) is 0.429. The van der Waals surface area contributed by atoms with Crippen molar-refractivity contribution < 1.29 is 13.2 Å². The summed E-state index contributed by atoms with van der Waals surface area (Å²) in [6.45, 7) is 3.64. The van der Waals surface area contributed by atoms with Crippen LogP contribution in [0.2, 0.25) is 5.02 Å². The molecule has 10 heteroatoms. The molecule has 1 aromatic carbocycles. The van der Waals surface area contributed by atoms with E-state index in [-0.39, 0.29) is 22.2 Å². The molecule has 1 saturated heterocycles. The molecule has 1 fully saturated rings. The number of carbonyl (C=O) groups excluding carboxylic acids is 1. The lowest BCUT2D eigenvalue weighted by Crippen LogP contribution is -2.51. The number of aryl methyl sites for hydroxylation is 1. The molecule has 3 rings (SSSR count). The van der Waals surface area contributed by atoms with E-state index in [0.29, 0.717) is 36.9 Å². The van der Waals surface area contributed by atoms with Gasteiger partial charge in [0.15, 0.2) is 0 Å². The van der Waals surface area contributed by atoms with Gasteiger partial charge < -0.3 is 15.2 Å². The van der Waals surface area contributed by atoms with Crippen molar-refractivity contribution in [3.05, 3.63) is 47.2 Å². The molecule has 2 aromatic rings. The second-order valence-corrected chi connectivity index (χ2v) is 9.95. The Morgan fingerprint density at radius 3 is 2.71 bits per heavy atom. The Labute approximate surface area is 187 Å². The monoisotopic (exact) mass is 463 g/mol. The molecule has 0 radical (unpaired) electrons. The number of aromatic nitrogens is 1. The minimum absolute atomic E-state index is 0.0114. The predicted octanol–water partition coefficient (Wildman–Crippen LogP) is 2.59. The molecule has 2 heterocycles. The molecule has 8 nitrogen and oxygen atoms in total. The lowest BCUT2D eigenvalue weighted by atomic mass is 9.98. The van der Waals surface area contributed by atoms with E-state index in [0.717, 1.165) is 12.8 Å². The maximum Gasteiger partial charge on any atom is 0.242 e. The first-order valence-corrected chi connectivity index (χ1v) is 12.0. The van der Waals surface area contributed by atoms with E-state index in [9.17, 15) is 18.5 Å². The fourth-order valence-electron chi connectivity index (χ4n) is 3.65. The summed E-state index contributed by atoms with van der Waals surface area (Å²) in [6, 6.07) is 8.63. The van der Waals surface area contributed by atoms with Crippen molar-refractivity contribution in [1.82, 2.24) is 14.2 Å². The van der Waals surface area contributed by atoms with Gasteiger partial charge in [0.25, 0.3) is 0 Å².